The maximum absolute atomic E-state index is 12.4. The zero-order valence-electron chi connectivity index (χ0n) is 10.3. The number of hydrogen-bond donors (Lipinski definition) is 3. The van der Waals surface area contributed by atoms with Crippen molar-refractivity contribution in [3.63, 3.8) is 0 Å². The van der Waals surface area contributed by atoms with Crippen molar-refractivity contribution in [1.82, 2.24) is 15.5 Å². The largest absolute Gasteiger partial charge is 0.317 e. The van der Waals surface area contributed by atoms with Gasteiger partial charge in [-0.15, -0.1) is 0 Å². The molecule has 5 heteroatoms. The van der Waals surface area contributed by atoms with Gasteiger partial charge in [0.2, 0.25) is 5.91 Å². The van der Waals surface area contributed by atoms with E-state index in [1.807, 2.05) is 0 Å². The molecule has 1 aliphatic heterocycles. The van der Waals surface area contributed by atoms with E-state index in [9.17, 15) is 4.79 Å². The molecule has 1 fully saturated rings. The lowest BCUT2D eigenvalue weighted by atomic mass is 9.74. The predicted molar refractivity (Wildman–Crippen MR) is 66.7 cm³/mol. The van der Waals surface area contributed by atoms with Gasteiger partial charge in [0.1, 0.15) is 5.82 Å². The van der Waals surface area contributed by atoms with E-state index in [0.29, 0.717) is 5.82 Å². The molecule has 94 valence electrons. The average molecular weight is 236 g/mol. The quantitative estimate of drug-likeness (QED) is 0.742. The zero-order chi connectivity index (χ0) is 12.1. The summed E-state index contributed by atoms with van der Waals surface area (Å²) in [6, 6.07) is 1.78. The highest BCUT2D eigenvalue weighted by Crippen LogP contribution is 2.35. The van der Waals surface area contributed by atoms with Crippen molar-refractivity contribution in [2.24, 2.45) is 5.41 Å². The Morgan fingerprint density at radius 2 is 2.29 bits per heavy atom. The number of aromatic nitrogens is 2. The molecule has 0 radical (unpaired) electrons. The van der Waals surface area contributed by atoms with Crippen LogP contribution in [0.25, 0.3) is 0 Å². The maximum atomic E-state index is 12.4. The van der Waals surface area contributed by atoms with E-state index in [2.05, 4.69) is 27.8 Å². The van der Waals surface area contributed by atoms with Gasteiger partial charge in [-0.1, -0.05) is 13.3 Å². The Hall–Kier alpha value is -1.36. The van der Waals surface area contributed by atoms with E-state index in [4.69, 9.17) is 0 Å². The van der Waals surface area contributed by atoms with Gasteiger partial charge in [0.05, 0.1) is 11.6 Å². The van der Waals surface area contributed by atoms with Crippen molar-refractivity contribution in [3.8, 4) is 0 Å². The third-order valence-corrected chi connectivity index (χ3v) is 3.52. The molecule has 1 aliphatic rings. The fourth-order valence-electron chi connectivity index (χ4n) is 2.55. The number of rotatable bonds is 4. The molecule has 0 atom stereocenters. The molecule has 1 aromatic heterocycles. The molecule has 5 nitrogen and oxygen atoms in total. The summed E-state index contributed by atoms with van der Waals surface area (Å²) < 4.78 is 0. The molecule has 0 bridgehead atoms. The minimum Gasteiger partial charge on any atom is -0.317 e. The van der Waals surface area contributed by atoms with Crippen molar-refractivity contribution in [3.05, 3.63) is 12.3 Å². The molecule has 17 heavy (non-hydrogen) atoms. The first-order valence-corrected chi connectivity index (χ1v) is 6.28. The van der Waals surface area contributed by atoms with Gasteiger partial charge in [-0.05, 0) is 32.4 Å². The predicted octanol–water partition coefficient (Wildman–Crippen LogP) is 1.52. The number of anilines is 1. The van der Waals surface area contributed by atoms with Crippen LogP contribution < -0.4 is 10.6 Å². The SMILES string of the molecule is CCCC1(C(=O)Nc2ccn[nH]2)CCNCC1. The van der Waals surface area contributed by atoms with Crippen molar-refractivity contribution in [2.75, 3.05) is 18.4 Å². The number of H-pyrrole nitrogens is 1. The first-order chi connectivity index (χ1) is 8.27. The highest BCUT2D eigenvalue weighted by Gasteiger charge is 2.38. The van der Waals surface area contributed by atoms with Gasteiger partial charge in [-0.2, -0.15) is 5.10 Å². The lowest BCUT2D eigenvalue weighted by molar-refractivity contribution is -0.127. The standard InChI is InChI=1S/C12H20N4O/c1-2-4-12(5-8-13-9-6-12)11(17)15-10-3-7-14-16-10/h3,7,13H,2,4-6,8-9H2,1H3,(H2,14,15,16,17). The number of piperidine rings is 1. The summed E-state index contributed by atoms with van der Waals surface area (Å²) >= 11 is 0. The minimum atomic E-state index is -0.203. The van der Waals surface area contributed by atoms with Crippen molar-refractivity contribution in [1.29, 1.82) is 0 Å². The van der Waals surface area contributed by atoms with Gasteiger partial charge in [-0.3, -0.25) is 9.89 Å². The Balaban J connectivity index is 2.06. The Labute approximate surface area is 101 Å². The number of nitrogens with one attached hydrogen (secondary N) is 3. The fraction of sp³-hybridized carbons (Fsp3) is 0.667. The molecule has 1 saturated heterocycles. The molecule has 0 aromatic carbocycles. The monoisotopic (exact) mass is 236 g/mol. The second kappa shape index (κ2) is 5.31. The molecular weight excluding hydrogens is 216 g/mol. The summed E-state index contributed by atoms with van der Waals surface area (Å²) in [7, 11) is 0. The summed E-state index contributed by atoms with van der Waals surface area (Å²) in [6.07, 6.45) is 5.47. The molecule has 3 N–H and O–H groups in total. The average Bonchev–Trinajstić information content (AvgIpc) is 2.83. The van der Waals surface area contributed by atoms with E-state index in [-0.39, 0.29) is 11.3 Å². The second-order valence-corrected chi connectivity index (χ2v) is 4.70. The molecule has 0 aliphatic carbocycles. The van der Waals surface area contributed by atoms with Crippen LogP contribution in [0.4, 0.5) is 5.82 Å². The summed E-state index contributed by atoms with van der Waals surface area (Å²) in [6.45, 7) is 3.99. The van der Waals surface area contributed by atoms with Gasteiger partial charge >= 0.3 is 0 Å². The van der Waals surface area contributed by atoms with Crippen LogP contribution in [0.2, 0.25) is 0 Å². The molecule has 0 unspecified atom stereocenters. The Bertz CT molecular complexity index is 349. The number of aromatic amines is 1. The van der Waals surface area contributed by atoms with Crippen molar-refractivity contribution >= 4 is 11.7 Å². The summed E-state index contributed by atoms with van der Waals surface area (Å²) in [5.41, 5.74) is -0.203. The first-order valence-electron chi connectivity index (χ1n) is 6.28. The van der Waals surface area contributed by atoms with Gasteiger partial charge in [-0.25, -0.2) is 0 Å². The van der Waals surface area contributed by atoms with Crippen LogP contribution in [0, 0.1) is 5.41 Å². The van der Waals surface area contributed by atoms with E-state index in [0.717, 1.165) is 38.8 Å². The molecular formula is C12H20N4O. The van der Waals surface area contributed by atoms with Crippen molar-refractivity contribution < 1.29 is 4.79 Å². The zero-order valence-corrected chi connectivity index (χ0v) is 10.3. The van der Waals surface area contributed by atoms with Crippen molar-refractivity contribution in [2.45, 2.75) is 32.6 Å². The van der Waals surface area contributed by atoms with E-state index < -0.39 is 0 Å². The normalized spacial score (nSPS) is 18.9. The number of hydrogen-bond acceptors (Lipinski definition) is 3. The number of carbonyl (C=O) groups excluding carboxylic acids is 1. The molecule has 1 amide bonds. The number of nitrogens with zero attached hydrogens (tertiary/aromatic N) is 1. The van der Waals surface area contributed by atoms with Crippen LogP contribution in [-0.2, 0) is 4.79 Å². The third-order valence-electron chi connectivity index (χ3n) is 3.52. The molecule has 0 spiro atoms. The van der Waals surface area contributed by atoms with Crippen LogP contribution in [0.15, 0.2) is 12.3 Å². The topological polar surface area (TPSA) is 69.8 Å². The smallest absolute Gasteiger partial charge is 0.231 e. The Kier molecular flexibility index (Phi) is 3.78. The van der Waals surface area contributed by atoms with E-state index >= 15 is 0 Å². The fourth-order valence-corrected chi connectivity index (χ4v) is 2.55. The molecule has 0 saturated carbocycles. The van der Waals surface area contributed by atoms with Gasteiger partial charge in [0.25, 0.3) is 0 Å². The van der Waals surface area contributed by atoms with Crippen LogP contribution in [0.5, 0.6) is 0 Å². The van der Waals surface area contributed by atoms with Gasteiger partial charge < -0.3 is 10.6 Å². The lowest BCUT2D eigenvalue weighted by Crippen LogP contribution is -2.44. The Morgan fingerprint density at radius 3 is 2.88 bits per heavy atom. The minimum absolute atomic E-state index is 0.130. The molecule has 2 heterocycles. The van der Waals surface area contributed by atoms with Crippen LogP contribution >= 0.6 is 0 Å². The number of amides is 1. The van der Waals surface area contributed by atoms with Crippen LogP contribution in [0.1, 0.15) is 32.6 Å². The highest BCUT2D eigenvalue weighted by atomic mass is 16.2. The second-order valence-electron chi connectivity index (χ2n) is 4.70. The Morgan fingerprint density at radius 1 is 1.53 bits per heavy atom. The lowest BCUT2D eigenvalue weighted by Gasteiger charge is -2.35. The van der Waals surface area contributed by atoms with Gasteiger partial charge in [0, 0.05) is 6.07 Å². The van der Waals surface area contributed by atoms with E-state index in [1.54, 1.807) is 12.3 Å². The van der Waals surface area contributed by atoms with Crippen LogP contribution in [-0.4, -0.2) is 29.2 Å². The van der Waals surface area contributed by atoms with Crippen LogP contribution in [0.3, 0.4) is 0 Å². The summed E-state index contributed by atoms with van der Waals surface area (Å²) in [5, 5.41) is 12.8. The molecule has 1 aromatic rings. The molecule has 2 rings (SSSR count). The highest BCUT2D eigenvalue weighted by molar-refractivity contribution is 5.94. The first kappa shape index (κ1) is 12.1. The number of carbonyl (C=O) groups is 1. The summed E-state index contributed by atoms with van der Waals surface area (Å²) in [4.78, 5) is 12.4. The van der Waals surface area contributed by atoms with Gasteiger partial charge in [0.15, 0.2) is 0 Å². The maximum Gasteiger partial charge on any atom is 0.231 e. The third kappa shape index (κ3) is 2.66. The van der Waals surface area contributed by atoms with E-state index in [1.165, 1.54) is 0 Å². The summed E-state index contributed by atoms with van der Waals surface area (Å²) in [5.74, 6) is 0.814.